The summed E-state index contributed by atoms with van der Waals surface area (Å²) >= 11 is 0. The van der Waals surface area contributed by atoms with E-state index in [0.717, 1.165) is 11.4 Å². The molecule has 0 fully saturated rings. The van der Waals surface area contributed by atoms with E-state index in [0.29, 0.717) is 18.7 Å². The molecule has 2 rings (SSSR count). The van der Waals surface area contributed by atoms with Crippen molar-refractivity contribution in [2.75, 3.05) is 25.1 Å². The molecule has 4 heteroatoms. The SMILES string of the molecule is CN(CCOc1ccc(C#N)cc1)c1cccc(F)c1. The molecule has 102 valence electrons. The minimum absolute atomic E-state index is 0.248. The first kappa shape index (κ1) is 13.9. The van der Waals surface area contributed by atoms with Gasteiger partial charge in [-0.3, -0.25) is 0 Å². The molecule has 0 N–H and O–H groups in total. The van der Waals surface area contributed by atoms with Crippen molar-refractivity contribution in [3.8, 4) is 11.8 Å². The van der Waals surface area contributed by atoms with Gasteiger partial charge in [0, 0.05) is 12.7 Å². The third-order valence-electron chi connectivity index (χ3n) is 2.93. The van der Waals surface area contributed by atoms with Crippen LogP contribution in [0.3, 0.4) is 0 Å². The van der Waals surface area contributed by atoms with Crippen LogP contribution in [0.5, 0.6) is 5.75 Å². The molecule has 0 atom stereocenters. The van der Waals surface area contributed by atoms with Crippen LogP contribution in [0.1, 0.15) is 5.56 Å². The van der Waals surface area contributed by atoms with E-state index in [9.17, 15) is 4.39 Å². The second-order valence-electron chi connectivity index (χ2n) is 4.39. The molecule has 0 aliphatic heterocycles. The molecule has 0 amide bonds. The highest BCUT2D eigenvalue weighted by atomic mass is 19.1. The summed E-state index contributed by atoms with van der Waals surface area (Å²) in [6, 6.07) is 15.5. The number of nitriles is 1. The van der Waals surface area contributed by atoms with E-state index < -0.39 is 0 Å². The molecule has 0 aromatic heterocycles. The minimum atomic E-state index is -0.248. The lowest BCUT2D eigenvalue weighted by atomic mass is 10.2. The van der Waals surface area contributed by atoms with Crippen LogP contribution < -0.4 is 9.64 Å². The first-order valence-electron chi connectivity index (χ1n) is 6.29. The van der Waals surface area contributed by atoms with Crippen molar-refractivity contribution >= 4 is 5.69 Å². The van der Waals surface area contributed by atoms with Gasteiger partial charge in [-0.15, -0.1) is 0 Å². The molecule has 20 heavy (non-hydrogen) atoms. The molecule has 0 heterocycles. The van der Waals surface area contributed by atoms with E-state index in [1.807, 2.05) is 18.0 Å². The summed E-state index contributed by atoms with van der Waals surface area (Å²) in [5.74, 6) is 0.471. The maximum Gasteiger partial charge on any atom is 0.125 e. The Morgan fingerprint density at radius 3 is 2.60 bits per heavy atom. The number of halogens is 1. The average Bonchev–Trinajstić information content (AvgIpc) is 2.48. The summed E-state index contributed by atoms with van der Waals surface area (Å²) in [4.78, 5) is 1.92. The number of likely N-dealkylation sites (N-methyl/N-ethyl adjacent to an activating group) is 1. The lowest BCUT2D eigenvalue weighted by molar-refractivity contribution is 0.326. The van der Waals surface area contributed by atoms with Crippen molar-refractivity contribution in [2.45, 2.75) is 0 Å². The second kappa shape index (κ2) is 6.58. The molecule has 0 unspecified atom stereocenters. The van der Waals surface area contributed by atoms with E-state index in [1.165, 1.54) is 12.1 Å². The lowest BCUT2D eigenvalue weighted by Gasteiger charge is -2.19. The summed E-state index contributed by atoms with van der Waals surface area (Å²) in [6.07, 6.45) is 0. The van der Waals surface area contributed by atoms with E-state index in [2.05, 4.69) is 6.07 Å². The first-order chi connectivity index (χ1) is 9.69. The van der Waals surface area contributed by atoms with Gasteiger partial charge in [-0.1, -0.05) is 6.07 Å². The number of hydrogen-bond acceptors (Lipinski definition) is 3. The predicted octanol–water partition coefficient (Wildman–Crippen LogP) is 3.21. The molecular weight excluding hydrogens is 255 g/mol. The van der Waals surface area contributed by atoms with Gasteiger partial charge in [-0.05, 0) is 42.5 Å². The normalized spacial score (nSPS) is 9.85. The van der Waals surface area contributed by atoms with Crippen LogP contribution in [0, 0.1) is 17.1 Å². The first-order valence-corrected chi connectivity index (χ1v) is 6.29. The molecule has 0 aliphatic rings. The molecule has 0 bridgehead atoms. The van der Waals surface area contributed by atoms with Crippen molar-refractivity contribution in [1.29, 1.82) is 5.26 Å². The Morgan fingerprint density at radius 2 is 1.95 bits per heavy atom. The van der Waals surface area contributed by atoms with Crippen molar-refractivity contribution in [2.24, 2.45) is 0 Å². The van der Waals surface area contributed by atoms with Gasteiger partial charge in [-0.25, -0.2) is 4.39 Å². The largest absolute Gasteiger partial charge is 0.492 e. The molecular formula is C16H15FN2O. The Balaban J connectivity index is 1.84. The van der Waals surface area contributed by atoms with Crippen molar-refractivity contribution in [3.63, 3.8) is 0 Å². The van der Waals surface area contributed by atoms with Crippen LogP contribution in [-0.4, -0.2) is 20.2 Å². The third-order valence-corrected chi connectivity index (χ3v) is 2.93. The zero-order chi connectivity index (χ0) is 14.4. The van der Waals surface area contributed by atoms with Gasteiger partial charge in [0.15, 0.2) is 0 Å². The van der Waals surface area contributed by atoms with E-state index in [4.69, 9.17) is 10.00 Å². The van der Waals surface area contributed by atoms with E-state index in [-0.39, 0.29) is 5.82 Å². The van der Waals surface area contributed by atoms with Crippen LogP contribution in [0.25, 0.3) is 0 Å². The van der Waals surface area contributed by atoms with Gasteiger partial charge in [0.1, 0.15) is 18.2 Å². The Labute approximate surface area is 117 Å². The van der Waals surface area contributed by atoms with Crippen molar-refractivity contribution in [1.82, 2.24) is 0 Å². The maximum atomic E-state index is 13.1. The van der Waals surface area contributed by atoms with Gasteiger partial charge in [0.2, 0.25) is 0 Å². The Hall–Kier alpha value is -2.54. The van der Waals surface area contributed by atoms with Crippen LogP contribution in [-0.2, 0) is 0 Å². The number of anilines is 1. The molecule has 0 saturated carbocycles. The minimum Gasteiger partial charge on any atom is -0.492 e. The topological polar surface area (TPSA) is 36.3 Å². The zero-order valence-electron chi connectivity index (χ0n) is 11.2. The Morgan fingerprint density at radius 1 is 1.20 bits per heavy atom. The van der Waals surface area contributed by atoms with Crippen LogP contribution >= 0.6 is 0 Å². The molecule has 3 nitrogen and oxygen atoms in total. The standard InChI is InChI=1S/C16H15FN2O/c1-19(15-4-2-3-14(17)11-15)9-10-20-16-7-5-13(12-18)6-8-16/h2-8,11H,9-10H2,1H3. The van der Waals surface area contributed by atoms with Crippen molar-refractivity contribution < 1.29 is 9.13 Å². The summed E-state index contributed by atoms with van der Waals surface area (Å²) in [5, 5.41) is 8.70. The molecule has 2 aromatic carbocycles. The van der Waals surface area contributed by atoms with E-state index >= 15 is 0 Å². The Kier molecular flexibility index (Phi) is 4.56. The summed E-state index contributed by atoms with van der Waals surface area (Å²) in [5.41, 5.74) is 1.42. The fraction of sp³-hybridized carbons (Fsp3) is 0.188. The van der Waals surface area contributed by atoms with Crippen LogP contribution in [0.4, 0.5) is 10.1 Å². The van der Waals surface area contributed by atoms with Gasteiger partial charge in [0.25, 0.3) is 0 Å². The zero-order valence-corrected chi connectivity index (χ0v) is 11.2. The molecule has 0 spiro atoms. The molecule has 0 saturated heterocycles. The summed E-state index contributed by atoms with van der Waals surface area (Å²) in [7, 11) is 1.89. The molecule has 2 aromatic rings. The number of ether oxygens (including phenoxy) is 1. The third kappa shape index (κ3) is 3.72. The molecule has 0 aliphatic carbocycles. The van der Waals surface area contributed by atoms with E-state index in [1.54, 1.807) is 30.3 Å². The number of benzene rings is 2. The smallest absolute Gasteiger partial charge is 0.125 e. The number of hydrogen-bond donors (Lipinski definition) is 0. The highest BCUT2D eigenvalue weighted by Crippen LogP contribution is 2.14. The highest BCUT2D eigenvalue weighted by molar-refractivity contribution is 5.45. The number of rotatable bonds is 5. The van der Waals surface area contributed by atoms with Gasteiger partial charge in [-0.2, -0.15) is 5.26 Å². The maximum absolute atomic E-state index is 13.1. The second-order valence-corrected chi connectivity index (χ2v) is 4.39. The quantitative estimate of drug-likeness (QED) is 0.837. The van der Waals surface area contributed by atoms with Crippen LogP contribution in [0.15, 0.2) is 48.5 Å². The molecule has 0 radical (unpaired) electrons. The summed E-state index contributed by atoms with van der Waals surface area (Å²) in [6.45, 7) is 1.13. The predicted molar refractivity (Wildman–Crippen MR) is 76.3 cm³/mol. The lowest BCUT2D eigenvalue weighted by Crippen LogP contribution is -2.23. The van der Waals surface area contributed by atoms with Crippen LogP contribution in [0.2, 0.25) is 0 Å². The van der Waals surface area contributed by atoms with Gasteiger partial charge >= 0.3 is 0 Å². The summed E-state index contributed by atoms with van der Waals surface area (Å²) < 4.78 is 18.7. The van der Waals surface area contributed by atoms with Gasteiger partial charge in [0.05, 0.1) is 18.2 Å². The van der Waals surface area contributed by atoms with Crippen molar-refractivity contribution in [3.05, 3.63) is 59.9 Å². The fourth-order valence-electron chi connectivity index (χ4n) is 1.77. The average molecular weight is 270 g/mol. The fourth-order valence-corrected chi connectivity index (χ4v) is 1.77. The number of nitrogens with zero attached hydrogens (tertiary/aromatic N) is 2. The Bertz CT molecular complexity index is 605. The monoisotopic (exact) mass is 270 g/mol. The van der Waals surface area contributed by atoms with Gasteiger partial charge < -0.3 is 9.64 Å². The highest BCUT2D eigenvalue weighted by Gasteiger charge is 2.02.